The monoisotopic (exact) mass is 219 g/mol. The summed E-state index contributed by atoms with van der Waals surface area (Å²) in [5.74, 6) is 4.37. The Morgan fingerprint density at radius 1 is 0.750 bits per heavy atom. The van der Waals surface area contributed by atoms with E-state index in [2.05, 4.69) is 10.2 Å². The molecule has 4 aliphatic carbocycles. The molecule has 5 fully saturated rings. The normalized spacial score (nSPS) is 52.1. The molecule has 0 aromatic heterocycles. The van der Waals surface area contributed by atoms with Crippen LogP contribution in [-0.4, -0.2) is 37.1 Å². The van der Waals surface area contributed by atoms with Crippen molar-refractivity contribution in [3.05, 3.63) is 0 Å². The number of rotatable bonds is 1. The van der Waals surface area contributed by atoms with Gasteiger partial charge in [-0.2, -0.15) is 0 Å². The average molecular weight is 219 g/mol. The van der Waals surface area contributed by atoms with Crippen LogP contribution in [0.25, 0.3) is 0 Å². The molecule has 4 saturated carbocycles. The average Bonchev–Trinajstić information content (AvgIpc) is 2.29. The van der Waals surface area contributed by atoms with Crippen molar-refractivity contribution in [1.29, 1.82) is 0 Å². The van der Waals surface area contributed by atoms with E-state index in [4.69, 9.17) is 0 Å². The van der Waals surface area contributed by atoms with Gasteiger partial charge in [-0.3, -0.25) is 4.90 Å². The summed E-state index contributed by atoms with van der Waals surface area (Å²) in [7, 11) is 0. The van der Waals surface area contributed by atoms with Crippen molar-refractivity contribution >= 4 is 0 Å². The van der Waals surface area contributed by atoms with E-state index >= 15 is 0 Å². The van der Waals surface area contributed by atoms with Crippen LogP contribution in [0.3, 0.4) is 0 Å². The highest BCUT2D eigenvalue weighted by Crippen LogP contribution is 2.55. The largest absolute Gasteiger partial charge is 0.297 e. The third-order valence-electron chi connectivity index (χ3n) is 5.69. The molecule has 5 rings (SSSR count). The van der Waals surface area contributed by atoms with E-state index < -0.39 is 0 Å². The lowest BCUT2D eigenvalue weighted by atomic mass is 9.54. The Bertz CT molecular complexity index is 239. The maximum absolute atomic E-state index is 4.50. The van der Waals surface area contributed by atoms with Gasteiger partial charge in [0, 0.05) is 32.2 Å². The molecule has 1 saturated heterocycles. The molecule has 0 aromatic rings. The van der Waals surface area contributed by atoms with Gasteiger partial charge in [0.2, 0.25) is 0 Å². The Hall–Kier alpha value is -0.0800. The van der Waals surface area contributed by atoms with Crippen LogP contribution >= 0.6 is 0 Å². The predicted octanol–water partition coefficient (Wildman–Crippen LogP) is 1.73. The van der Waals surface area contributed by atoms with Crippen LogP contribution in [0.5, 0.6) is 0 Å². The minimum atomic E-state index is 0.961. The van der Waals surface area contributed by atoms with E-state index in [1.165, 1.54) is 13.1 Å². The molecule has 0 N–H and O–H groups in total. The summed E-state index contributed by atoms with van der Waals surface area (Å²) in [6, 6.07) is 0.961. The van der Waals surface area contributed by atoms with Gasteiger partial charge in [0.1, 0.15) is 0 Å². The zero-order chi connectivity index (χ0) is 10.5. The second-order valence-electron chi connectivity index (χ2n) is 6.63. The first kappa shape index (κ1) is 9.90. The van der Waals surface area contributed by atoms with Crippen LogP contribution in [-0.2, 0) is 0 Å². The Morgan fingerprint density at radius 3 is 1.88 bits per heavy atom. The van der Waals surface area contributed by atoms with Crippen LogP contribution in [0.15, 0.2) is 0 Å². The number of hydrogen-bond donors (Lipinski definition) is 0. The first-order chi connectivity index (χ1) is 7.90. The van der Waals surface area contributed by atoms with Crippen molar-refractivity contribution in [3.63, 3.8) is 0 Å². The first-order valence-electron chi connectivity index (χ1n) is 7.27. The van der Waals surface area contributed by atoms with Gasteiger partial charge in [0.05, 0.1) is 0 Å². The van der Waals surface area contributed by atoms with Crippen LogP contribution in [0, 0.1) is 23.7 Å². The lowest BCUT2D eigenvalue weighted by Gasteiger charge is -2.57. The molecule has 2 heteroatoms. The smallest absolute Gasteiger partial charge is 0.0261 e. The second kappa shape index (κ2) is 3.71. The van der Waals surface area contributed by atoms with Gasteiger partial charge in [-0.1, -0.05) is 0 Å². The topological polar surface area (TPSA) is 17.3 Å². The minimum absolute atomic E-state index is 0.961. The van der Waals surface area contributed by atoms with Crippen LogP contribution in [0.4, 0.5) is 0 Å². The molecule has 16 heavy (non-hydrogen) atoms. The van der Waals surface area contributed by atoms with Crippen molar-refractivity contribution in [3.8, 4) is 0 Å². The van der Waals surface area contributed by atoms with Crippen molar-refractivity contribution in [1.82, 2.24) is 10.2 Å². The summed E-state index contributed by atoms with van der Waals surface area (Å²) in [6.07, 6.45) is 7.82. The summed E-state index contributed by atoms with van der Waals surface area (Å²) in [5.41, 5.74) is 0. The number of piperazine rings is 1. The highest BCUT2D eigenvalue weighted by atomic mass is 15.2. The fourth-order valence-corrected chi connectivity index (χ4v) is 5.41. The fourth-order valence-electron chi connectivity index (χ4n) is 5.41. The third kappa shape index (κ3) is 1.46. The molecule has 5 aliphatic rings. The van der Waals surface area contributed by atoms with Gasteiger partial charge in [-0.15, -0.1) is 0 Å². The van der Waals surface area contributed by atoms with E-state index in [0.717, 1.165) is 42.8 Å². The van der Waals surface area contributed by atoms with Crippen molar-refractivity contribution in [2.45, 2.75) is 38.1 Å². The third-order valence-corrected chi connectivity index (χ3v) is 5.69. The maximum Gasteiger partial charge on any atom is 0.0261 e. The molecular formula is C14H23N2. The molecule has 2 nitrogen and oxygen atoms in total. The Labute approximate surface area is 98.8 Å². The number of nitrogens with zero attached hydrogens (tertiary/aromatic N) is 2. The van der Waals surface area contributed by atoms with Gasteiger partial charge >= 0.3 is 0 Å². The highest BCUT2D eigenvalue weighted by Gasteiger charge is 2.49. The van der Waals surface area contributed by atoms with E-state index in [1.54, 1.807) is 32.1 Å². The lowest BCUT2D eigenvalue weighted by Crippen LogP contribution is -2.58. The SMILES string of the molecule is C1CN(C2C3CC4CC(C3)CC2C4)CC[N]1. The molecule has 89 valence electrons. The van der Waals surface area contributed by atoms with Crippen LogP contribution < -0.4 is 5.32 Å². The van der Waals surface area contributed by atoms with Crippen LogP contribution in [0.1, 0.15) is 32.1 Å². The van der Waals surface area contributed by atoms with E-state index in [9.17, 15) is 0 Å². The Morgan fingerprint density at radius 2 is 1.31 bits per heavy atom. The predicted molar refractivity (Wildman–Crippen MR) is 64.3 cm³/mol. The Balaban J connectivity index is 1.55. The Kier molecular flexibility index (Phi) is 2.29. The van der Waals surface area contributed by atoms with E-state index in [1.807, 2.05) is 0 Å². The molecule has 1 radical (unpaired) electrons. The lowest BCUT2D eigenvalue weighted by molar-refractivity contribution is -0.0682. The molecule has 1 heterocycles. The standard InChI is InChI=1S/C14H23N2/c1-3-16(4-2-15-1)14-12-6-10-5-11(8-12)9-13(14)7-10/h10-14H,1-9H2. The quantitative estimate of drug-likeness (QED) is 0.656. The van der Waals surface area contributed by atoms with Crippen molar-refractivity contribution < 1.29 is 0 Å². The van der Waals surface area contributed by atoms with Gasteiger partial charge in [-0.05, 0) is 55.8 Å². The van der Waals surface area contributed by atoms with Crippen LogP contribution in [0.2, 0.25) is 0 Å². The summed E-state index contributed by atoms with van der Waals surface area (Å²) >= 11 is 0. The van der Waals surface area contributed by atoms with Gasteiger partial charge in [-0.25, -0.2) is 5.32 Å². The zero-order valence-electron chi connectivity index (χ0n) is 10.1. The molecule has 0 unspecified atom stereocenters. The summed E-state index contributed by atoms with van der Waals surface area (Å²) < 4.78 is 0. The maximum atomic E-state index is 4.50. The molecule has 0 atom stereocenters. The highest BCUT2D eigenvalue weighted by molar-refractivity contribution is 5.02. The van der Waals surface area contributed by atoms with Gasteiger partial charge < -0.3 is 0 Å². The zero-order valence-corrected chi connectivity index (χ0v) is 10.1. The molecular weight excluding hydrogens is 196 g/mol. The first-order valence-corrected chi connectivity index (χ1v) is 7.27. The summed E-state index contributed by atoms with van der Waals surface area (Å²) in [6.45, 7) is 4.71. The molecule has 0 aromatic carbocycles. The summed E-state index contributed by atoms with van der Waals surface area (Å²) in [5, 5.41) is 4.50. The second-order valence-corrected chi connectivity index (χ2v) is 6.63. The van der Waals surface area contributed by atoms with Crippen molar-refractivity contribution in [2.75, 3.05) is 26.2 Å². The summed E-state index contributed by atoms with van der Waals surface area (Å²) in [4.78, 5) is 2.81. The van der Waals surface area contributed by atoms with Crippen molar-refractivity contribution in [2.24, 2.45) is 23.7 Å². The van der Waals surface area contributed by atoms with E-state index in [-0.39, 0.29) is 0 Å². The molecule has 1 aliphatic heterocycles. The molecule has 0 spiro atoms. The van der Waals surface area contributed by atoms with Gasteiger partial charge in [0.15, 0.2) is 0 Å². The van der Waals surface area contributed by atoms with E-state index in [0.29, 0.717) is 0 Å². The van der Waals surface area contributed by atoms with Gasteiger partial charge in [0.25, 0.3) is 0 Å². The number of hydrogen-bond acceptors (Lipinski definition) is 1. The minimum Gasteiger partial charge on any atom is -0.297 e. The molecule has 4 bridgehead atoms. The fraction of sp³-hybridized carbons (Fsp3) is 1.00. The molecule has 0 amide bonds.